The van der Waals surface area contributed by atoms with Gasteiger partial charge in [-0.15, -0.1) is 0 Å². The molecule has 0 aliphatic carbocycles. The summed E-state index contributed by atoms with van der Waals surface area (Å²) >= 11 is 0. The Morgan fingerprint density at radius 2 is 1.22 bits per heavy atom. The SMILES string of the molecule is CC1CNC(C)CN1.O=C(O)[C@H](O)[C@@H](O)C(=O)O. The molecule has 0 radical (unpaired) electrons. The predicted molar refractivity (Wildman–Crippen MR) is 62.2 cm³/mol. The molecule has 0 aromatic heterocycles. The van der Waals surface area contributed by atoms with Gasteiger partial charge in [-0.25, -0.2) is 9.59 Å². The molecule has 1 fully saturated rings. The first-order valence-electron chi connectivity index (χ1n) is 5.54. The van der Waals surface area contributed by atoms with E-state index in [0.29, 0.717) is 12.1 Å². The van der Waals surface area contributed by atoms with Crippen molar-refractivity contribution in [3.63, 3.8) is 0 Å². The summed E-state index contributed by atoms with van der Waals surface area (Å²) in [7, 11) is 0. The molecule has 0 spiro atoms. The Bertz CT molecular complexity index is 250. The summed E-state index contributed by atoms with van der Waals surface area (Å²) in [6, 6.07) is 1.32. The fourth-order valence-electron chi connectivity index (χ4n) is 1.17. The number of hydrogen-bond donors (Lipinski definition) is 6. The van der Waals surface area contributed by atoms with E-state index in [1.807, 2.05) is 0 Å². The predicted octanol–water partition coefficient (Wildman–Crippen LogP) is -2.17. The molecule has 8 heteroatoms. The maximum absolute atomic E-state index is 9.77. The van der Waals surface area contributed by atoms with Crippen LogP contribution in [0.15, 0.2) is 0 Å². The first kappa shape index (κ1) is 16.8. The molecule has 106 valence electrons. The number of carbonyl (C=O) groups is 2. The van der Waals surface area contributed by atoms with Gasteiger partial charge in [0.25, 0.3) is 0 Å². The normalized spacial score (nSPS) is 26.4. The third-order valence-corrected chi connectivity index (χ3v) is 2.35. The summed E-state index contributed by atoms with van der Waals surface area (Å²) in [4.78, 5) is 19.5. The topological polar surface area (TPSA) is 139 Å². The number of aliphatic hydroxyl groups is 2. The zero-order valence-corrected chi connectivity index (χ0v) is 10.3. The van der Waals surface area contributed by atoms with Crippen molar-refractivity contribution in [1.29, 1.82) is 0 Å². The van der Waals surface area contributed by atoms with Gasteiger partial charge in [-0.2, -0.15) is 0 Å². The number of aliphatic carboxylic acids is 2. The molecular weight excluding hydrogens is 244 g/mol. The minimum Gasteiger partial charge on any atom is -0.479 e. The Labute approximate surface area is 105 Å². The van der Waals surface area contributed by atoms with E-state index in [9.17, 15) is 9.59 Å². The Morgan fingerprint density at radius 3 is 1.39 bits per heavy atom. The van der Waals surface area contributed by atoms with Gasteiger partial charge in [-0.3, -0.25) is 0 Å². The number of aliphatic hydroxyl groups excluding tert-OH is 2. The molecule has 4 atom stereocenters. The van der Waals surface area contributed by atoms with Crippen LogP contribution >= 0.6 is 0 Å². The minimum atomic E-state index is -2.27. The Balaban J connectivity index is 0.000000327. The minimum absolute atomic E-state index is 0.659. The second-order valence-corrected chi connectivity index (χ2v) is 4.18. The van der Waals surface area contributed by atoms with E-state index in [0.717, 1.165) is 13.1 Å². The number of rotatable bonds is 3. The number of nitrogens with one attached hydrogen (secondary N) is 2. The van der Waals surface area contributed by atoms with Crippen molar-refractivity contribution in [2.24, 2.45) is 0 Å². The van der Waals surface area contributed by atoms with Crippen LogP contribution in [0.25, 0.3) is 0 Å². The standard InChI is InChI=1S/C6H14N2.C4H6O6/c1-5-3-8-6(2)4-7-5;5-1(3(7)8)2(6)4(9)10/h5-8H,3-4H2,1-2H3;1-2,5-6H,(H,7,8)(H,9,10)/t;1-,2-/m.1/s1. The van der Waals surface area contributed by atoms with Gasteiger partial charge in [-0.05, 0) is 13.8 Å². The van der Waals surface area contributed by atoms with Crippen LogP contribution in [0, 0.1) is 0 Å². The Kier molecular flexibility index (Phi) is 7.44. The second kappa shape index (κ2) is 7.98. The lowest BCUT2D eigenvalue weighted by molar-refractivity contribution is -0.165. The average molecular weight is 264 g/mol. The van der Waals surface area contributed by atoms with Crippen LogP contribution in [0.1, 0.15) is 13.8 Å². The smallest absolute Gasteiger partial charge is 0.335 e. The highest BCUT2D eigenvalue weighted by Crippen LogP contribution is 1.92. The molecule has 18 heavy (non-hydrogen) atoms. The molecule has 2 unspecified atom stereocenters. The molecule has 0 saturated carbocycles. The first-order chi connectivity index (χ1) is 8.25. The molecule has 0 aromatic rings. The molecule has 1 heterocycles. The quantitative estimate of drug-likeness (QED) is 0.338. The lowest BCUT2D eigenvalue weighted by Gasteiger charge is -2.26. The van der Waals surface area contributed by atoms with Gasteiger partial charge in [0.15, 0.2) is 12.2 Å². The monoisotopic (exact) mass is 264 g/mol. The Hall–Kier alpha value is -1.22. The van der Waals surface area contributed by atoms with E-state index < -0.39 is 24.1 Å². The average Bonchev–Trinajstić information content (AvgIpc) is 2.31. The zero-order valence-electron chi connectivity index (χ0n) is 10.3. The van der Waals surface area contributed by atoms with Crippen molar-refractivity contribution in [3.05, 3.63) is 0 Å². The van der Waals surface area contributed by atoms with Crippen LogP contribution in [0.5, 0.6) is 0 Å². The Morgan fingerprint density at radius 1 is 0.944 bits per heavy atom. The van der Waals surface area contributed by atoms with Crippen LogP contribution in [-0.2, 0) is 9.59 Å². The molecule has 0 bridgehead atoms. The van der Waals surface area contributed by atoms with Crippen LogP contribution < -0.4 is 10.6 Å². The van der Waals surface area contributed by atoms with Gasteiger partial charge >= 0.3 is 11.9 Å². The molecule has 0 amide bonds. The molecule has 6 N–H and O–H groups in total. The molecular formula is C10H20N2O6. The molecule has 0 aromatic carbocycles. The third-order valence-electron chi connectivity index (χ3n) is 2.35. The van der Waals surface area contributed by atoms with Crippen molar-refractivity contribution >= 4 is 11.9 Å². The number of hydrogen-bond acceptors (Lipinski definition) is 6. The highest BCUT2D eigenvalue weighted by molar-refractivity contribution is 5.83. The van der Waals surface area contributed by atoms with Crippen molar-refractivity contribution in [3.8, 4) is 0 Å². The summed E-state index contributed by atoms with van der Waals surface area (Å²) in [6.07, 6.45) is -4.53. The van der Waals surface area contributed by atoms with Gasteiger partial charge in [0.2, 0.25) is 0 Å². The maximum Gasteiger partial charge on any atom is 0.335 e. The highest BCUT2D eigenvalue weighted by atomic mass is 16.4. The molecule has 1 aliphatic heterocycles. The maximum atomic E-state index is 9.77. The lowest BCUT2D eigenvalue weighted by Crippen LogP contribution is -2.51. The van der Waals surface area contributed by atoms with E-state index >= 15 is 0 Å². The van der Waals surface area contributed by atoms with Crippen LogP contribution in [-0.4, -0.2) is 69.7 Å². The number of carboxylic acids is 2. The van der Waals surface area contributed by atoms with E-state index in [2.05, 4.69) is 24.5 Å². The third kappa shape index (κ3) is 6.50. The lowest BCUT2D eigenvalue weighted by atomic mass is 10.2. The first-order valence-corrected chi connectivity index (χ1v) is 5.54. The fraction of sp³-hybridized carbons (Fsp3) is 0.800. The van der Waals surface area contributed by atoms with Crippen LogP contribution in [0.4, 0.5) is 0 Å². The van der Waals surface area contributed by atoms with Crippen LogP contribution in [0.2, 0.25) is 0 Å². The van der Waals surface area contributed by atoms with E-state index in [1.165, 1.54) is 0 Å². The highest BCUT2D eigenvalue weighted by Gasteiger charge is 2.29. The van der Waals surface area contributed by atoms with Gasteiger partial charge < -0.3 is 31.1 Å². The van der Waals surface area contributed by atoms with Gasteiger partial charge in [-0.1, -0.05) is 0 Å². The summed E-state index contributed by atoms with van der Waals surface area (Å²) in [5.74, 6) is -3.54. The van der Waals surface area contributed by atoms with Crippen molar-refractivity contribution in [1.82, 2.24) is 10.6 Å². The summed E-state index contributed by atoms with van der Waals surface area (Å²) in [5.41, 5.74) is 0. The molecule has 8 nitrogen and oxygen atoms in total. The molecule has 1 saturated heterocycles. The van der Waals surface area contributed by atoms with Gasteiger partial charge in [0.1, 0.15) is 0 Å². The molecule has 1 aliphatic rings. The van der Waals surface area contributed by atoms with Crippen molar-refractivity contribution < 1.29 is 30.0 Å². The summed E-state index contributed by atoms with van der Waals surface area (Å²) < 4.78 is 0. The molecule has 1 rings (SSSR count). The van der Waals surface area contributed by atoms with Crippen LogP contribution in [0.3, 0.4) is 0 Å². The van der Waals surface area contributed by atoms with Gasteiger partial charge in [0.05, 0.1) is 0 Å². The van der Waals surface area contributed by atoms with E-state index in [-0.39, 0.29) is 0 Å². The van der Waals surface area contributed by atoms with Crippen molar-refractivity contribution in [2.75, 3.05) is 13.1 Å². The fourth-order valence-corrected chi connectivity index (χ4v) is 1.17. The largest absolute Gasteiger partial charge is 0.479 e. The number of carboxylic acid groups (broad SMARTS) is 2. The summed E-state index contributed by atoms with van der Waals surface area (Å²) in [6.45, 7) is 6.61. The van der Waals surface area contributed by atoms with E-state index in [4.69, 9.17) is 20.4 Å². The van der Waals surface area contributed by atoms with Crippen molar-refractivity contribution in [2.45, 2.75) is 38.1 Å². The second-order valence-electron chi connectivity index (χ2n) is 4.18. The zero-order chi connectivity index (χ0) is 14.3. The van der Waals surface area contributed by atoms with Gasteiger partial charge in [0, 0.05) is 25.2 Å². The number of piperazine rings is 1. The van der Waals surface area contributed by atoms with E-state index in [1.54, 1.807) is 0 Å². The summed E-state index contributed by atoms with van der Waals surface area (Å²) in [5, 5.41) is 39.3.